The highest BCUT2D eigenvalue weighted by Gasteiger charge is 2.29. The number of halogens is 1. The predicted octanol–water partition coefficient (Wildman–Crippen LogP) is 1.56. The van der Waals surface area contributed by atoms with Gasteiger partial charge in [0.2, 0.25) is 5.91 Å². The van der Waals surface area contributed by atoms with Crippen LogP contribution in [0.3, 0.4) is 0 Å². The molecule has 2 heterocycles. The summed E-state index contributed by atoms with van der Waals surface area (Å²) in [5.41, 5.74) is 6.28. The molecule has 1 aromatic rings. The summed E-state index contributed by atoms with van der Waals surface area (Å²) >= 11 is 6.13. The molecule has 6 heteroatoms. The number of primary amides is 1. The second-order valence-electron chi connectivity index (χ2n) is 4.89. The fourth-order valence-corrected chi connectivity index (χ4v) is 2.65. The van der Waals surface area contributed by atoms with Crippen molar-refractivity contribution < 1.29 is 4.79 Å². The lowest BCUT2D eigenvalue weighted by Crippen LogP contribution is -2.28. The minimum atomic E-state index is -0.247. The van der Waals surface area contributed by atoms with Gasteiger partial charge in [0.05, 0.1) is 5.92 Å². The fourth-order valence-electron chi connectivity index (χ4n) is 2.30. The van der Waals surface area contributed by atoms with Crippen molar-refractivity contribution in [2.45, 2.75) is 26.2 Å². The number of amides is 1. The van der Waals surface area contributed by atoms with Crippen molar-refractivity contribution in [1.82, 2.24) is 9.97 Å². The van der Waals surface area contributed by atoms with E-state index in [0.29, 0.717) is 11.7 Å². The summed E-state index contributed by atoms with van der Waals surface area (Å²) in [6, 6.07) is 0. The number of nitrogens with zero attached hydrogens (tertiary/aromatic N) is 3. The first-order valence-corrected chi connectivity index (χ1v) is 6.43. The Morgan fingerprint density at radius 2 is 2.28 bits per heavy atom. The van der Waals surface area contributed by atoms with Crippen molar-refractivity contribution in [3.63, 3.8) is 0 Å². The number of hydrogen-bond acceptors (Lipinski definition) is 4. The summed E-state index contributed by atoms with van der Waals surface area (Å²) in [5.74, 6) is 0.720. The Bertz CT molecular complexity index is 463. The molecule has 1 saturated heterocycles. The highest BCUT2D eigenvalue weighted by molar-refractivity contribution is 6.30. The van der Waals surface area contributed by atoms with E-state index < -0.39 is 0 Å². The molecule has 1 aliphatic heterocycles. The minimum absolute atomic E-state index is 0.0984. The van der Waals surface area contributed by atoms with Crippen LogP contribution < -0.4 is 10.6 Å². The van der Waals surface area contributed by atoms with Gasteiger partial charge in [0.15, 0.2) is 0 Å². The maximum atomic E-state index is 11.2. The van der Waals surface area contributed by atoms with E-state index in [2.05, 4.69) is 28.7 Å². The van der Waals surface area contributed by atoms with Gasteiger partial charge in [-0.05, 0) is 12.3 Å². The number of nitrogens with two attached hydrogens (primary N) is 1. The van der Waals surface area contributed by atoms with Crippen LogP contribution in [-0.4, -0.2) is 29.0 Å². The average molecular weight is 269 g/mol. The van der Waals surface area contributed by atoms with Crippen molar-refractivity contribution in [2.24, 2.45) is 11.7 Å². The molecule has 98 valence electrons. The van der Waals surface area contributed by atoms with E-state index in [0.717, 1.165) is 24.3 Å². The molecule has 1 unspecified atom stereocenters. The first-order valence-electron chi connectivity index (χ1n) is 6.05. The molecule has 1 aliphatic rings. The third kappa shape index (κ3) is 2.41. The minimum Gasteiger partial charge on any atom is -0.369 e. The largest absolute Gasteiger partial charge is 0.369 e. The van der Waals surface area contributed by atoms with Crippen molar-refractivity contribution in [2.75, 3.05) is 18.0 Å². The summed E-state index contributed by atoms with van der Waals surface area (Å²) < 4.78 is 0. The van der Waals surface area contributed by atoms with Crippen LogP contribution in [0.2, 0.25) is 5.15 Å². The van der Waals surface area contributed by atoms with Crippen LogP contribution in [0.1, 0.15) is 31.7 Å². The first kappa shape index (κ1) is 13.1. The van der Waals surface area contributed by atoms with Crippen molar-refractivity contribution in [3.8, 4) is 0 Å². The van der Waals surface area contributed by atoms with Crippen molar-refractivity contribution in [3.05, 3.63) is 17.0 Å². The van der Waals surface area contributed by atoms with Gasteiger partial charge < -0.3 is 10.6 Å². The maximum Gasteiger partial charge on any atom is 0.222 e. The van der Waals surface area contributed by atoms with Crippen LogP contribution in [-0.2, 0) is 4.79 Å². The van der Waals surface area contributed by atoms with E-state index >= 15 is 0 Å². The van der Waals surface area contributed by atoms with Gasteiger partial charge in [-0.1, -0.05) is 25.4 Å². The zero-order valence-corrected chi connectivity index (χ0v) is 11.3. The molecule has 0 aliphatic carbocycles. The van der Waals surface area contributed by atoms with Crippen LogP contribution in [0.15, 0.2) is 6.33 Å². The molecule has 2 rings (SSSR count). The summed E-state index contributed by atoms with van der Waals surface area (Å²) in [6.45, 7) is 5.49. The van der Waals surface area contributed by atoms with Crippen molar-refractivity contribution >= 4 is 23.3 Å². The number of carbonyl (C=O) groups excluding carboxylic acids is 1. The molecule has 1 amide bonds. The quantitative estimate of drug-likeness (QED) is 0.845. The highest BCUT2D eigenvalue weighted by atomic mass is 35.5. The molecule has 0 bridgehead atoms. The lowest BCUT2D eigenvalue weighted by atomic mass is 10.1. The van der Waals surface area contributed by atoms with Gasteiger partial charge in [0.25, 0.3) is 0 Å². The predicted molar refractivity (Wildman–Crippen MR) is 70.6 cm³/mol. The Morgan fingerprint density at radius 3 is 2.83 bits per heavy atom. The zero-order chi connectivity index (χ0) is 13.3. The summed E-state index contributed by atoms with van der Waals surface area (Å²) in [4.78, 5) is 21.6. The van der Waals surface area contributed by atoms with Gasteiger partial charge in [0.1, 0.15) is 17.3 Å². The molecule has 0 radical (unpaired) electrons. The third-order valence-corrected chi connectivity index (χ3v) is 3.58. The van der Waals surface area contributed by atoms with Crippen LogP contribution in [0.5, 0.6) is 0 Å². The molecular formula is C12H17ClN4O. The van der Waals surface area contributed by atoms with Crippen LogP contribution in [0.4, 0.5) is 5.82 Å². The lowest BCUT2D eigenvalue weighted by Gasteiger charge is -2.22. The average Bonchev–Trinajstić information content (AvgIpc) is 2.77. The van der Waals surface area contributed by atoms with Crippen molar-refractivity contribution in [1.29, 1.82) is 0 Å². The third-order valence-electron chi connectivity index (χ3n) is 3.28. The van der Waals surface area contributed by atoms with Gasteiger partial charge in [0, 0.05) is 18.7 Å². The first-order chi connectivity index (χ1) is 8.50. The molecule has 1 aromatic heterocycles. The van der Waals surface area contributed by atoms with Gasteiger partial charge >= 0.3 is 0 Å². The van der Waals surface area contributed by atoms with E-state index in [4.69, 9.17) is 17.3 Å². The van der Waals surface area contributed by atoms with E-state index in [-0.39, 0.29) is 17.7 Å². The Hall–Kier alpha value is -1.36. The molecule has 5 nitrogen and oxygen atoms in total. The Morgan fingerprint density at radius 1 is 1.56 bits per heavy atom. The Kier molecular flexibility index (Phi) is 3.71. The van der Waals surface area contributed by atoms with E-state index in [1.165, 1.54) is 6.33 Å². The van der Waals surface area contributed by atoms with Crippen LogP contribution in [0, 0.1) is 5.92 Å². The SMILES string of the molecule is CC(C)c1c(Cl)ncnc1N1CCC(C(N)=O)C1. The lowest BCUT2D eigenvalue weighted by molar-refractivity contribution is -0.121. The highest BCUT2D eigenvalue weighted by Crippen LogP contribution is 2.33. The molecule has 1 atom stereocenters. The number of anilines is 1. The monoisotopic (exact) mass is 268 g/mol. The number of aromatic nitrogens is 2. The molecular weight excluding hydrogens is 252 g/mol. The van der Waals surface area contributed by atoms with E-state index in [9.17, 15) is 4.79 Å². The molecule has 0 spiro atoms. The number of rotatable bonds is 3. The fraction of sp³-hybridized carbons (Fsp3) is 0.583. The van der Waals surface area contributed by atoms with Gasteiger partial charge in [-0.2, -0.15) is 0 Å². The standard InChI is InChI=1S/C12H17ClN4O/c1-7(2)9-10(13)15-6-16-12(9)17-4-3-8(5-17)11(14)18/h6-8H,3-5H2,1-2H3,(H2,14,18). The molecule has 0 aromatic carbocycles. The van der Waals surface area contributed by atoms with Crippen LogP contribution >= 0.6 is 11.6 Å². The zero-order valence-electron chi connectivity index (χ0n) is 10.6. The van der Waals surface area contributed by atoms with Gasteiger partial charge in [-0.25, -0.2) is 9.97 Å². The van der Waals surface area contributed by atoms with Crippen LogP contribution in [0.25, 0.3) is 0 Å². The molecule has 1 fully saturated rings. The Balaban J connectivity index is 2.30. The number of carbonyl (C=O) groups is 1. The van der Waals surface area contributed by atoms with Gasteiger partial charge in [-0.15, -0.1) is 0 Å². The van der Waals surface area contributed by atoms with E-state index in [1.807, 2.05) is 0 Å². The maximum absolute atomic E-state index is 11.2. The van der Waals surface area contributed by atoms with Gasteiger partial charge in [-0.3, -0.25) is 4.79 Å². The number of hydrogen-bond donors (Lipinski definition) is 1. The topological polar surface area (TPSA) is 72.1 Å². The second kappa shape index (κ2) is 5.10. The summed E-state index contributed by atoms with van der Waals surface area (Å²) in [6.07, 6.45) is 2.23. The molecule has 18 heavy (non-hydrogen) atoms. The molecule has 0 saturated carbocycles. The normalized spacial score (nSPS) is 19.6. The summed E-state index contributed by atoms with van der Waals surface area (Å²) in [5, 5.41) is 0.484. The molecule has 2 N–H and O–H groups in total. The Labute approximate surface area is 111 Å². The smallest absolute Gasteiger partial charge is 0.222 e. The van der Waals surface area contributed by atoms with E-state index in [1.54, 1.807) is 0 Å². The second-order valence-corrected chi connectivity index (χ2v) is 5.25. The summed E-state index contributed by atoms with van der Waals surface area (Å²) in [7, 11) is 0.